The average molecular weight is 360 g/mol. The fourth-order valence-electron chi connectivity index (χ4n) is 2.32. The van der Waals surface area contributed by atoms with Crippen LogP contribution in [0.3, 0.4) is 0 Å². The van der Waals surface area contributed by atoms with Crippen LogP contribution in [0.25, 0.3) is 0 Å². The molecule has 0 aliphatic heterocycles. The van der Waals surface area contributed by atoms with Gasteiger partial charge in [0.05, 0.1) is 20.6 Å². The second-order valence-corrected chi connectivity index (χ2v) is 5.48. The number of ether oxygens (including phenoxy) is 2. The van der Waals surface area contributed by atoms with E-state index < -0.39 is 5.82 Å². The monoisotopic (exact) mass is 360 g/mol. The Kier molecular flexibility index (Phi) is 6.96. The Morgan fingerprint density at radius 1 is 0.923 bits per heavy atom. The molecule has 0 saturated carbocycles. The number of hydrogen-bond acceptors (Lipinski definition) is 4. The molecule has 7 heteroatoms. The molecule has 0 aliphatic rings. The summed E-state index contributed by atoms with van der Waals surface area (Å²) in [6, 6.07) is 10.5. The lowest BCUT2D eigenvalue weighted by molar-refractivity contribution is -0.120. The number of methoxy groups -OCH3 is 2. The molecular formula is C19H21FN2O4. The van der Waals surface area contributed by atoms with Crippen LogP contribution in [0, 0.1) is 5.82 Å². The number of carbonyl (C=O) groups is 2. The molecule has 2 rings (SSSR count). The van der Waals surface area contributed by atoms with Crippen molar-refractivity contribution in [3.8, 4) is 11.5 Å². The zero-order valence-corrected chi connectivity index (χ0v) is 14.7. The predicted molar refractivity (Wildman–Crippen MR) is 95.0 cm³/mol. The van der Waals surface area contributed by atoms with Gasteiger partial charge in [-0.25, -0.2) is 4.39 Å². The summed E-state index contributed by atoms with van der Waals surface area (Å²) in [6.45, 7) is 0.562. The number of amides is 2. The van der Waals surface area contributed by atoms with E-state index in [0.29, 0.717) is 23.6 Å². The van der Waals surface area contributed by atoms with Crippen molar-refractivity contribution in [3.63, 3.8) is 0 Å². The molecule has 0 aliphatic carbocycles. The van der Waals surface area contributed by atoms with Crippen molar-refractivity contribution in [2.24, 2.45) is 0 Å². The zero-order chi connectivity index (χ0) is 18.9. The number of hydrogen-bond donors (Lipinski definition) is 2. The second kappa shape index (κ2) is 9.41. The van der Waals surface area contributed by atoms with Crippen LogP contribution in [0.4, 0.5) is 4.39 Å². The number of carbonyl (C=O) groups excluding carboxylic acids is 2. The highest BCUT2D eigenvalue weighted by atomic mass is 19.1. The van der Waals surface area contributed by atoms with Gasteiger partial charge in [-0.2, -0.15) is 0 Å². The molecule has 0 saturated heterocycles. The highest BCUT2D eigenvalue weighted by Gasteiger charge is 2.09. The van der Waals surface area contributed by atoms with Crippen molar-refractivity contribution in [2.75, 3.05) is 27.3 Å². The first-order chi connectivity index (χ1) is 12.5. The van der Waals surface area contributed by atoms with Gasteiger partial charge >= 0.3 is 0 Å². The minimum absolute atomic E-state index is 0.173. The SMILES string of the molecule is COc1ccc(CC(=O)NCCNC(=O)c2ccc(F)cc2)cc1OC. The first-order valence-electron chi connectivity index (χ1n) is 8.05. The summed E-state index contributed by atoms with van der Waals surface area (Å²) in [7, 11) is 3.08. The molecule has 2 aromatic rings. The first kappa shape index (κ1) is 19.2. The molecule has 6 nitrogen and oxygen atoms in total. The van der Waals surface area contributed by atoms with Gasteiger partial charge < -0.3 is 20.1 Å². The Morgan fingerprint density at radius 2 is 1.58 bits per heavy atom. The van der Waals surface area contributed by atoms with Gasteiger partial charge in [-0.15, -0.1) is 0 Å². The summed E-state index contributed by atoms with van der Waals surface area (Å²) in [5.41, 5.74) is 1.15. The minimum Gasteiger partial charge on any atom is -0.493 e. The predicted octanol–water partition coefficient (Wildman–Crippen LogP) is 1.93. The lowest BCUT2D eigenvalue weighted by Gasteiger charge is -2.10. The highest BCUT2D eigenvalue weighted by molar-refractivity contribution is 5.94. The summed E-state index contributed by atoms with van der Waals surface area (Å²) in [5.74, 6) is 0.265. The quantitative estimate of drug-likeness (QED) is 0.706. The van der Waals surface area contributed by atoms with Crippen molar-refractivity contribution in [1.82, 2.24) is 10.6 Å². The third kappa shape index (κ3) is 5.47. The van der Waals surface area contributed by atoms with E-state index in [2.05, 4.69) is 10.6 Å². The van der Waals surface area contributed by atoms with Crippen molar-refractivity contribution in [1.29, 1.82) is 0 Å². The molecule has 2 aromatic carbocycles. The Labute approximate surface area is 151 Å². The van der Waals surface area contributed by atoms with Gasteiger partial charge in [-0.1, -0.05) is 6.07 Å². The van der Waals surface area contributed by atoms with E-state index in [1.54, 1.807) is 25.3 Å². The van der Waals surface area contributed by atoms with E-state index in [-0.39, 0.29) is 24.8 Å². The Hall–Kier alpha value is -3.09. The molecule has 0 bridgehead atoms. The summed E-state index contributed by atoms with van der Waals surface area (Å²) in [4.78, 5) is 23.8. The van der Waals surface area contributed by atoms with Crippen LogP contribution < -0.4 is 20.1 Å². The summed E-state index contributed by atoms with van der Waals surface area (Å²) in [6.07, 6.45) is 0.187. The topological polar surface area (TPSA) is 76.7 Å². The second-order valence-electron chi connectivity index (χ2n) is 5.48. The lowest BCUT2D eigenvalue weighted by Crippen LogP contribution is -2.35. The van der Waals surface area contributed by atoms with Gasteiger partial charge in [0.2, 0.25) is 5.91 Å². The van der Waals surface area contributed by atoms with Gasteiger partial charge in [0, 0.05) is 18.7 Å². The molecule has 0 heterocycles. The maximum atomic E-state index is 12.8. The van der Waals surface area contributed by atoms with E-state index >= 15 is 0 Å². The fraction of sp³-hybridized carbons (Fsp3) is 0.263. The molecule has 0 unspecified atom stereocenters. The Morgan fingerprint density at radius 3 is 2.23 bits per heavy atom. The van der Waals surface area contributed by atoms with Gasteiger partial charge in [-0.3, -0.25) is 9.59 Å². The molecule has 26 heavy (non-hydrogen) atoms. The maximum Gasteiger partial charge on any atom is 0.251 e. The van der Waals surface area contributed by atoms with Crippen LogP contribution in [0.1, 0.15) is 15.9 Å². The Bertz CT molecular complexity index is 763. The van der Waals surface area contributed by atoms with Crippen LogP contribution >= 0.6 is 0 Å². The molecule has 0 fully saturated rings. The van der Waals surface area contributed by atoms with Gasteiger partial charge in [0.1, 0.15) is 5.82 Å². The standard InChI is InChI=1S/C19H21FN2O4/c1-25-16-8-3-13(11-17(16)26-2)12-18(23)21-9-10-22-19(24)14-4-6-15(20)7-5-14/h3-8,11H,9-10,12H2,1-2H3,(H,21,23)(H,22,24). The molecule has 0 aromatic heterocycles. The van der Waals surface area contributed by atoms with Crippen LogP contribution in [0.2, 0.25) is 0 Å². The third-order valence-electron chi connectivity index (χ3n) is 3.65. The molecule has 138 valence electrons. The summed E-state index contributed by atoms with van der Waals surface area (Å²) in [5, 5.41) is 5.39. The normalized spacial score (nSPS) is 10.1. The fourth-order valence-corrected chi connectivity index (χ4v) is 2.32. The largest absolute Gasteiger partial charge is 0.493 e. The van der Waals surface area contributed by atoms with Crippen LogP contribution in [0.15, 0.2) is 42.5 Å². The third-order valence-corrected chi connectivity index (χ3v) is 3.65. The van der Waals surface area contributed by atoms with E-state index in [1.807, 2.05) is 0 Å². The van der Waals surface area contributed by atoms with Crippen molar-refractivity contribution >= 4 is 11.8 Å². The van der Waals surface area contributed by atoms with Crippen molar-refractivity contribution in [2.45, 2.75) is 6.42 Å². The van der Waals surface area contributed by atoms with E-state index in [4.69, 9.17) is 9.47 Å². The van der Waals surface area contributed by atoms with Crippen molar-refractivity contribution in [3.05, 3.63) is 59.4 Å². The summed E-state index contributed by atoms with van der Waals surface area (Å²) < 4.78 is 23.2. The minimum atomic E-state index is -0.399. The Balaban J connectivity index is 1.75. The molecular weight excluding hydrogens is 339 g/mol. The number of halogens is 1. The lowest BCUT2D eigenvalue weighted by atomic mass is 10.1. The summed E-state index contributed by atoms with van der Waals surface area (Å²) >= 11 is 0. The number of nitrogens with one attached hydrogen (secondary N) is 2. The van der Waals surface area contributed by atoms with Crippen LogP contribution in [-0.2, 0) is 11.2 Å². The number of rotatable bonds is 8. The first-order valence-corrected chi connectivity index (χ1v) is 8.05. The molecule has 0 atom stereocenters. The van der Waals surface area contributed by atoms with Gasteiger partial charge in [0.15, 0.2) is 11.5 Å². The van der Waals surface area contributed by atoms with Crippen LogP contribution in [0.5, 0.6) is 11.5 Å². The molecule has 0 spiro atoms. The molecule has 2 amide bonds. The van der Waals surface area contributed by atoms with Gasteiger partial charge in [0.25, 0.3) is 5.91 Å². The van der Waals surface area contributed by atoms with Gasteiger partial charge in [-0.05, 0) is 42.0 Å². The maximum absolute atomic E-state index is 12.8. The van der Waals surface area contributed by atoms with E-state index in [0.717, 1.165) is 5.56 Å². The van der Waals surface area contributed by atoms with E-state index in [1.165, 1.54) is 31.4 Å². The highest BCUT2D eigenvalue weighted by Crippen LogP contribution is 2.27. The molecule has 0 radical (unpaired) electrons. The van der Waals surface area contributed by atoms with Crippen LogP contribution in [-0.4, -0.2) is 39.1 Å². The van der Waals surface area contributed by atoms with E-state index in [9.17, 15) is 14.0 Å². The van der Waals surface area contributed by atoms with Crippen molar-refractivity contribution < 1.29 is 23.5 Å². The average Bonchev–Trinajstić information content (AvgIpc) is 2.65. The number of benzene rings is 2. The smallest absolute Gasteiger partial charge is 0.251 e. The zero-order valence-electron chi connectivity index (χ0n) is 14.7. The molecule has 2 N–H and O–H groups in total.